The minimum absolute atomic E-state index is 0.0451. The van der Waals surface area contributed by atoms with Crippen LogP contribution < -0.4 is 0 Å². The fraction of sp³-hybridized carbons (Fsp3) is 0.351. The number of hydrogen-bond acceptors (Lipinski definition) is 13. The van der Waals surface area contributed by atoms with Gasteiger partial charge in [0, 0.05) is 0 Å². The summed E-state index contributed by atoms with van der Waals surface area (Å²) in [5, 5.41) is 0. The fourth-order valence-electron chi connectivity index (χ4n) is 12.0. The maximum Gasteiger partial charge on any atom is 0.190 e. The van der Waals surface area contributed by atoms with E-state index >= 15 is 0 Å². The summed E-state index contributed by atoms with van der Waals surface area (Å²) < 4.78 is 91.2. The van der Waals surface area contributed by atoms with Crippen molar-refractivity contribution in [1.29, 1.82) is 0 Å². The first-order valence-electron chi connectivity index (χ1n) is 30.3. The fourth-order valence-corrected chi connectivity index (χ4v) is 12.0. The molecule has 0 unspecified atom stereocenters. The molecule has 0 N–H and O–H groups in total. The summed E-state index contributed by atoms with van der Waals surface area (Å²) in [6, 6.07) is 77.6. The van der Waals surface area contributed by atoms with Crippen molar-refractivity contribution in [2.45, 2.75) is 146 Å². The third kappa shape index (κ3) is 14.9. The number of aryl methyl sites for hydroxylation is 2. The van der Waals surface area contributed by atoms with Gasteiger partial charge in [-0.25, -0.2) is 0 Å². The van der Waals surface area contributed by atoms with E-state index in [1.807, 2.05) is 184 Å². The third-order valence-corrected chi connectivity index (χ3v) is 16.4. The van der Waals surface area contributed by atoms with Crippen LogP contribution in [0.3, 0.4) is 0 Å². The Morgan fingerprint density at radius 3 is 1.16 bits per heavy atom. The molecule has 8 aromatic rings. The maximum absolute atomic E-state index is 7.54. The molecule has 87 heavy (non-hydrogen) atoms. The van der Waals surface area contributed by atoms with Crippen LogP contribution in [-0.2, 0) is 100 Å². The van der Waals surface area contributed by atoms with Gasteiger partial charge in [-0.1, -0.05) is 242 Å². The monoisotopic (exact) mass is 1170 g/mol. The Labute approximate surface area is 511 Å². The van der Waals surface area contributed by atoms with Gasteiger partial charge in [-0.2, -0.15) is 0 Å². The Balaban J connectivity index is 0.912. The van der Waals surface area contributed by atoms with E-state index in [-0.39, 0.29) is 39.6 Å². The molecule has 4 heterocycles. The Morgan fingerprint density at radius 1 is 0.356 bits per heavy atom. The van der Waals surface area contributed by atoms with Crippen LogP contribution in [0.5, 0.6) is 0 Å². The van der Waals surface area contributed by atoms with Crippen molar-refractivity contribution in [1.82, 2.24) is 0 Å². The normalized spacial score (nSPS) is 25.8. The zero-order chi connectivity index (χ0) is 59.4. The van der Waals surface area contributed by atoms with Gasteiger partial charge in [0.15, 0.2) is 24.7 Å². The topological polar surface area (TPSA) is 120 Å². The quantitative estimate of drug-likeness (QED) is 0.0455. The van der Waals surface area contributed by atoms with E-state index in [9.17, 15) is 0 Å². The molecule has 12 atom stereocenters. The zero-order valence-corrected chi connectivity index (χ0v) is 49.8. The Kier molecular flexibility index (Phi) is 19.9. The molecule has 0 radical (unpaired) electrons. The average Bonchev–Trinajstić information content (AvgIpc) is 1.91. The molecular weight excluding hydrogens is 1100 g/mol. The first kappa shape index (κ1) is 60.5. The Morgan fingerprint density at radius 2 is 0.713 bits per heavy atom. The van der Waals surface area contributed by atoms with E-state index in [0.29, 0.717) is 13.2 Å². The van der Waals surface area contributed by atoms with Gasteiger partial charge in [0.25, 0.3) is 0 Å². The van der Waals surface area contributed by atoms with Gasteiger partial charge >= 0.3 is 0 Å². The number of fused-ring (bicyclic) bond motifs is 1. The summed E-state index contributed by atoms with van der Waals surface area (Å²) in [5.74, 6) is -1.00. The van der Waals surface area contributed by atoms with Gasteiger partial charge < -0.3 is 61.6 Å². The smallest absolute Gasteiger partial charge is 0.190 e. The number of benzene rings is 8. The van der Waals surface area contributed by atoms with Gasteiger partial charge in [0.2, 0.25) is 0 Å². The first-order valence-corrected chi connectivity index (χ1v) is 30.3. The standard InChI is InChI=1S/C74H78O13/c1-51-35-39-59(40-36-51)74(58-33-21-10-22-34-58,60-41-37-52(2)38-42-60)80-50-63-66(69-72(83-63)87-73(3,4)86-69)84-71-68(65(78-46-56-29-17-8-18-30-56)62(82-71)49-76-44-54-25-13-6-14-26-54)85-70-67(79-47-57-31-19-9-20-32-57)64(77-45-55-27-15-7-16-28-55)61(81-70)48-75-43-53-23-11-5-12-24-53/h5-42,61-72H,43-50H2,1-4H3/t61-,62-,63-,64-,65-,66-,67-,68-,69-,70-,71-,72-/m1/s1. The van der Waals surface area contributed by atoms with Crippen LogP contribution in [0, 0.1) is 13.8 Å². The third-order valence-electron chi connectivity index (χ3n) is 16.4. The summed E-state index contributed by atoms with van der Waals surface area (Å²) in [4.78, 5) is 0. The molecule has 0 bridgehead atoms. The van der Waals surface area contributed by atoms with Crippen LogP contribution >= 0.6 is 0 Å². The average molecular weight is 1180 g/mol. The van der Waals surface area contributed by atoms with Crippen molar-refractivity contribution in [3.63, 3.8) is 0 Å². The molecule has 13 nitrogen and oxygen atoms in total. The highest BCUT2D eigenvalue weighted by molar-refractivity contribution is 5.48. The lowest BCUT2D eigenvalue weighted by molar-refractivity contribution is -0.280. The zero-order valence-electron chi connectivity index (χ0n) is 49.8. The van der Waals surface area contributed by atoms with Crippen molar-refractivity contribution >= 4 is 0 Å². The van der Waals surface area contributed by atoms with E-state index in [4.69, 9.17) is 61.6 Å². The van der Waals surface area contributed by atoms with Gasteiger partial charge in [-0.05, 0) is 72.2 Å². The van der Waals surface area contributed by atoms with E-state index < -0.39 is 85.2 Å². The number of rotatable bonds is 27. The highest BCUT2D eigenvalue weighted by Gasteiger charge is 2.60. The molecule has 452 valence electrons. The van der Waals surface area contributed by atoms with Gasteiger partial charge in [0.05, 0.1) is 52.9 Å². The summed E-state index contributed by atoms with van der Waals surface area (Å²) in [7, 11) is 0. The van der Waals surface area contributed by atoms with Crippen LogP contribution in [-0.4, -0.2) is 99.4 Å². The molecule has 4 aliphatic rings. The molecule has 0 spiro atoms. The molecule has 0 saturated carbocycles. The predicted molar refractivity (Wildman–Crippen MR) is 328 cm³/mol. The first-order chi connectivity index (χ1) is 42.6. The lowest BCUT2D eigenvalue weighted by Gasteiger charge is -2.38. The second-order valence-corrected chi connectivity index (χ2v) is 23.3. The molecule has 0 aliphatic carbocycles. The van der Waals surface area contributed by atoms with Crippen LogP contribution in [0.25, 0.3) is 0 Å². The minimum atomic E-state index is -1.14. The van der Waals surface area contributed by atoms with Crippen LogP contribution in [0.2, 0.25) is 0 Å². The molecule has 0 aromatic heterocycles. The highest BCUT2D eigenvalue weighted by Crippen LogP contribution is 2.46. The van der Waals surface area contributed by atoms with Crippen molar-refractivity contribution < 1.29 is 61.6 Å². The lowest BCUT2D eigenvalue weighted by atomic mass is 9.79. The van der Waals surface area contributed by atoms with E-state index in [1.54, 1.807) is 0 Å². The SMILES string of the molecule is Cc1ccc(C(OC[C@H]2O[C@@H]3OC(C)(C)O[C@@H]3[C@@H]2O[C@H]2O[C@H](COCc3ccccc3)[C@@H](OCc3ccccc3)[C@H]2O[C@H]2O[C@H](COCc3ccccc3)[C@@H](OCc3ccccc3)[C@H]2OCc2ccccc2)(c2ccccc2)c2ccc(C)cc2)cc1. The predicted octanol–water partition coefficient (Wildman–Crippen LogP) is 12.9. The Bertz CT molecular complexity index is 3280. The largest absolute Gasteiger partial charge is 0.374 e. The summed E-state index contributed by atoms with van der Waals surface area (Å²) in [6.45, 7) is 9.74. The number of hydrogen-bond donors (Lipinski definition) is 0. The van der Waals surface area contributed by atoms with Crippen molar-refractivity contribution in [3.05, 3.63) is 286 Å². The Hall–Kier alpha value is -6.76. The molecule has 13 heteroatoms. The lowest BCUT2D eigenvalue weighted by Crippen LogP contribution is -2.49. The molecule has 12 rings (SSSR count). The van der Waals surface area contributed by atoms with Crippen molar-refractivity contribution in [3.8, 4) is 0 Å². The minimum Gasteiger partial charge on any atom is -0.374 e. The van der Waals surface area contributed by atoms with Gasteiger partial charge in [0.1, 0.15) is 60.5 Å². The molecule has 4 saturated heterocycles. The second-order valence-electron chi connectivity index (χ2n) is 23.3. The van der Waals surface area contributed by atoms with Crippen LogP contribution in [0.15, 0.2) is 231 Å². The molecule has 0 amide bonds. The van der Waals surface area contributed by atoms with Crippen LogP contribution in [0.1, 0.15) is 69.5 Å². The molecule has 8 aromatic carbocycles. The van der Waals surface area contributed by atoms with Crippen molar-refractivity contribution in [2.75, 3.05) is 19.8 Å². The molecule has 4 aliphatic heterocycles. The highest BCUT2D eigenvalue weighted by atomic mass is 16.9. The van der Waals surface area contributed by atoms with E-state index in [0.717, 1.165) is 55.6 Å². The molecular formula is C74H78O13. The van der Waals surface area contributed by atoms with Gasteiger partial charge in [-0.3, -0.25) is 0 Å². The summed E-state index contributed by atoms with van der Waals surface area (Å²) >= 11 is 0. The maximum atomic E-state index is 7.54. The summed E-state index contributed by atoms with van der Waals surface area (Å²) in [6.07, 6.45) is -9.90. The summed E-state index contributed by atoms with van der Waals surface area (Å²) in [5.41, 5.74) is 8.99. The van der Waals surface area contributed by atoms with E-state index in [2.05, 4.69) is 74.5 Å². The second kappa shape index (κ2) is 28.6. The molecule has 4 fully saturated rings. The number of ether oxygens (including phenoxy) is 13. The van der Waals surface area contributed by atoms with Gasteiger partial charge in [-0.15, -0.1) is 0 Å². The van der Waals surface area contributed by atoms with Crippen LogP contribution in [0.4, 0.5) is 0 Å². The van der Waals surface area contributed by atoms with Crippen molar-refractivity contribution in [2.24, 2.45) is 0 Å². The van der Waals surface area contributed by atoms with E-state index in [1.165, 1.54) is 0 Å².